The van der Waals surface area contributed by atoms with E-state index in [1.165, 1.54) is 0 Å². The van der Waals surface area contributed by atoms with Crippen molar-refractivity contribution in [1.82, 2.24) is 9.89 Å². The molecule has 5 heteroatoms. The lowest BCUT2D eigenvalue weighted by Gasteiger charge is -1.90. The van der Waals surface area contributed by atoms with Crippen LogP contribution in [-0.2, 0) is 0 Å². The molecule has 1 aromatic heterocycles. The average Bonchev–Trinajstić information content (AvgIpc) is 2.10. The van der Waals surface area contributed by atoms with Crippen LogP contribution in [0.25, 0.3) is 0 Å². The minimum Gasteiger partial charge on any atom is -0.339 e. The Balaban J connectivity index is 3.15. The van der Waals surface area contributed by atoms with Crippen molar-refractivity contribution in [2.75, 3.05) is 0 Å². The smallest absolute Gasteiger partial charge is 0.177 e. The quantitative estimate of drug-likeness (QED) is 0.423. The Bertz CT molecular complexity index is 266. The molecule has 1 aromatic rings. The van der Waals surface area contributed by atoms with Crippen molar-refractivity contribution >= 4 is 0 Å². The number of rotatable bonds is 1. The number of aryl methyl sites for hydroxylation is 2. The summed E-state index contributed by atoms with van der Waals surface area (Å²) in [6.45, 7) is 3.36. The number of nitrogens with zero attached hydrogens (tertiary/aromatic N) is 3. The van der Waals surface area contributed by atoms with E-state index in [2.05, 4.69) is 5.10 Å². The summed E-state index contributed by atoms with van der Waals surface area (Å²) < 4.78 is 0. The lowest BCUT2D eigenvalue weighted by molar-refractivity contribution is -0.554. The Morgan fingerprint density at radius 2 is 2.30 bits per heavy atom. The fourth-order valence-electron chi connectivity index (χ4n) is 0.782. The molecule has 0 unspecified atom stereocenters. The van der Waals surface area contributed by atoms with E-state index in [1.54, 1.807) is 19.9 Å². The summed E-state index contributed by atoms with van der Waals surface area (Å²) in [4.78, 5) is 10.9. The third kappa shape index (κ3) is 0.975. The van der Waals surface area contributed by atoms with Crippen LogP contribution in [0, 0.1) is 24.0 Å². The summed E-state index contributed by atoms with van der Waals surface area (Å²) in [6, 6.07) is 1.66. The molecule has 0 N–H and O–H groups in total. The molecular weight excluding hydrogens is 134 g/mol. The molecule has 0 aromatic carbocycles. The van der Waals surface area contributed by atoms with E-state index in [9.17, 15) is 10.1 Å². The summed E-state index contributed by atoms with van der Waals surface area (Å²) in [6.07, 6.45) is 0. The molecule has 0 fully saturated rings. The molecule has 0 aliphatic carbocycles. The van der Waals surface area contributed by atoms with Gasteiger partial charge in [0.25, 0.3) is 0 Å². The molecule has 1 heterocycles. The van der Waals surface area contributed by atoms with Gasteiger partial charge in [0.2, 0.25) is 0 Å². The largest absolute Gasteiger partial charge is 0.339 e. The minimum atomic E-state index is -0.553. The molecule has 0 spiro atoms. The maximum absolute atomic E-state index is 10.1. The van der Waals surface area contributed by atoms with Crippen molar-refractivity contribution in [2.24, 2.45) is 0 Å². The van der Waals surface area contributed by atoms with Gasteiger partial charge in [0, 0.05) is 22.9 Å². The predicted octanol–water partition coefficient (Wildman–Crippen LogP) is 0.540. The molecule has 1 rings (SSSR count). The fourth-order valence-corrected chi connectivity index (χ4v) is 0.782. The standard InChI is InChI=1S/C5H7N3O2/c1-4-3-5(2)7(6-4)8(9)10/h3H,1-2H3. The van der Waals surface area contributed by atoms with Crippen LogP contribution in [0.1, 0.15) is 11.4 Å². The van der Waals surface area contributed by atoms with Crippen LogP contribution in [0.4, 0.5) is 0 Å². The van der Waals surface area contributed by atoms with Crippen LogP contribution in [0.3, 0.4) is 0 Å². The SMILES string of the molecule is Cc1cc(C)n([N+](=O)[O-])n1. The van der Waals surface area contributed by atoms with Gasteiger partial charge in [-0.05, 0) is 6.92 Å². The van der Waals surface area contributed by atoms with Crippen LogP contribution in [0.5, 0.6) is 0 Å². The molecule has 5 nitrogen and oxygen atoms in total. The van der Waals surface area contributed by atoms with Gasteiger partial charge < -0.3 is 10.1 Å². The highest BCUT2D eigenvalue weighted by atomic mass is 16.7. The van der Waals surface area contributed by atoms with Gasteiger partial charge in [-0.3, -0.25) is 0 Å². The summed E-state index contributed by atoms with van der Waals surface area (Å²) in [5.41, 5.74) is 1.21. The number of hydrogen-bond acceptors (Lipinski definition) is 3. The zero-order chi connectivity index (χ0) is 7.72. The monoisotopic (exact) mass is 141 g/mol. The lowest BCUT2D eigenvalue weighted by atomic mass is 10.4. The van der Waals surface area contributed by atoms with Gasteiger partial charge in [-0.15, -0.1) is 0 Å². The Morgan fingerprint density at radius 1 is 1.70 bits per heavy atom. The van der Waals surface area contributed by atoms with Crippen LogP contribution >= 0.6 is 0 Å². The van der Waals surface area contributed by atoms with Crippen molar-refractivity contribution in [3.05, 3.63) is 27.6 Å². The molecule has 0 aliphatic rings. The molecule has 0 saturated heterocycles. The molecular formula is C5H7N3O2. The van der Waals surface area contributed by atoms with Crippen molar-refractivity contribution in [3.8, 4) is 0 Å². The third-order valence-corrected chi connectivity index (χ3v) is 1.14. The van der Waals surface area contributed by atoms with E-state index >= 15 is 0 Å². The number of hydrogen-bond donors (Lipinski definition) is 0. The van der Waals surface area contributed by atoms with E-state index in [-0.39, 0.29) is 0 Å². The molecule has 10 heavy (non-hydrogen) atoms. The van der Waals surface area contributed by atoms with E-state index < -0.39 is 5.03 Å². The first-order chi connectivity index (χ1) is 4.61. The normalized spacial score (nSPS) is 9.80. The molecule has 54 valence electrons. The maximum Gasteiger partial charge on any atom is 0.177 e. The summed E-state index contributed by atoms with van der Waals surface area (Å²) in [7, 11) is 0. The van der Waals surface area contributed by atoms with E-state index in [4.69, 9.17) is 0 Å². The van der Waals surface area contributed by atoms with Crippen LogP contribution < -0.4 is 0 Å². The van der Waals surface area contributed by atoms with Gasteiger partial charge >= 0.3 is 0 Å². The number of aromatic nitrogens is 2. The second kappa shape index (κ2) is 2.09. The van der Waals surface area contributed by atoms with Crippen LogP contribution in [0.15, 0.2) is 6.07 Å². The summed E-state index contributed by atoms with van der Waals surface area (Å²) >= 11 is 0. The average molecular weight is 141 g/mol. The Labute approximate surface area is 57.4 Å². The zero-order valence-electron chi connectivity index (χ0n) is 5.74. The van der Waals surface area contributed by atoms with Crippen molar-refractivity contribution < 1.29 is 5.03 Å². The second-order valence-electron chi connectivity index (χ2n) is 2.05. The first-order valence-corrected chi connectivity index (χ1v) is 2.79. The first kappa shape index (κ1) is 6.73. The maximum atomic E-state index is 10.1. The van der Waals surface area contributed by atoms with Gasteiger partial charge in [0.1, 0.15) is 5.69 Å². The molecule has 0 atom stereocenters. The van der Waals surface area contributed by atoms with Crippen molar-refractivity contribution in [2.45, 2.75) is 13.8 Å². The highest BCUT2D eigenvalue weighted by molar-refractivity contribution is 5.04. The van der Waals surface area contributed by atoms with E-state index in [0.29, 0.717) is 11.4 Å². The van der Waals surface area contributed by atoms with Crippen molar-refractivity contribution in [1.29, 1.82) is 0 Å². The van der Waals surface area contributed by atoms with Gasteiger partial charge in [-0.25, -0.2) is 0 Å². The van der Waals surface area contributed by atoms with E-state index in [0.717, 1.165) is 4.79 Å². The van der Waals surface area contributed by atoms with Gasteiger partial charge in [-0.1, -0.05) is 0 Å². The Kier molecular flexibility index (Phi) is 1.41. The number of nitro groups is 1. The third-order valence-electron chi connectivity index (χ3n) is 1.14. The first-order valence-electron chi connectivity index (χ1n) is 2.79. The van der Waals surface area contributed by atoms with Gasteiger partial charge in [0.05, 0.1) is 5.03 Å². The topological polar surface area (TPSA) is 61.0 Å². The van der Waals surface area contributed by atoms with E-state index in [1.807, 2.05) is 0 Å². The summed E-state index contributed by atoms with van der Waals surface area (Å²) in [5.74, 6) is 0. The van der Waals surface area contributed by atoms with Crippen LogP contribution in [0.2, 0.25) is 0 Å². The Hall–Kier alpha value is -1.39. The lowest BCUT2D eigenvalue weighted by Crippen LogP contribution is -2.11. The predicted molar refractivity (Wildman–Crippen MR) is 34.1 cm³/mol. The van der Waals surface area contributed by atoms with Gasteiger partial charge in [-0.2, -0.15) is 0 Å². The zero-order valence-corrected chi connectivity index (χ0v) is 5.74. The van der Waals surface area contributed by atoms with Crippen molar-refractivity contribution in [3.63, 3.8) is 0 Å². The highest BCUT2D eigenvalue weighted by Gasteiger charge is 2.09. The molecule has 0 amide bonds. The van der Waals surface area contributed by atoms with Gasteiger partial charge in [0.15, 0.2) is 5.69 Å². The molecule has 0 aliphatic heterocycles. The molecule has 0 bridgehead atoms. The van der Waals surface area contributed by atoms with Crippen LogP contribution in [-0.4, -0.2) is 14.9 Å². The minimum absolute atomic E-state index is 0.544. The summed E-state index contributed by atoms with van der Waals surface area (Å²) in [5, 5.41) is 13.2. The fraction of sp³-hybridized carbons (Fsp3) is 0.400. The highest BCUT2D eigenvalue weighted by Crippen LogP contribution is 1.99. The second-order valence-corrected chi connectivity index (χ2v) is 2.05. The molecule has 0 radical (unpaired) electrons. The molecule has 0 saturated carbocycles. The Morgan fingerprint density at radius 3 is 2.50 bits per heavy atom.